The van der Waals surface area contributed by atoms with Gasteiger partial charge in [-0.05, 0) is 31.0 Å². The number of benzene rings is 1. The Labute approximate surface area is 160 Å². The molecule has 1 fully saturated rings. The number of anilines is 1. The van der Waals surface area contributed by atoms with Gasteiger partial charge in [-0.3, -0.25) is 10.2 Å². The summed E-state index contributed by atoms with van der Waals surface area (Å²) in [7, 11) is 1.65. The first-order valence-electron chi connectivity index (χ1n) is 8.93. The molecule has 0 unspecified atom stereocenters. The summed E-state index contributed by atoms with van der Waals surface area (Å²) < 4.78 is 13.5. The van der Waals surface area contributed by atoms with E-state index in [4.69, 9.17) is 11.1 Å². The lowest BCUT2D eigenvalue weighted by atomic mass is 9.87. The molecule has 1 amide bonds. The maximum Gasteiger partial charge on any atom is 0.255 e. The molecule has 0 saturated heterocycles. The van der Waals surface area contributed by atoms with E-state index in [2.05, 4.69) is 25.6 Å². The highest BCUT2D eigenvalue weighted by Crippen LogP contribution is 2.22. The van der Waals surface area contributed by atoms with Gasteiger partial charge in [-0.2, -0.15) is 0 Å². The van der Waals surface area contributed by atoms with Gasteiger partial charge in [0.2, 0.25) is 0 Å². The van der Waals surface area contributed by atoms with Crippen molar-refractivity contribution < 1.29 is 9.18 Å². The number of carbonyl (C=O) groups is 1. The smallest absolute Gasteiger partial charge is 0.255 e. The van der Waals surface area contributed by atoms with Crippen molar-refractivity contribution in [2.24, 2.45) is 5.73 Å². The zero-order chi connectivity index (χ0) is 19.8. The molecule has 1 saturated carbocycles. The lowest BCUT2D eigenvalue weighted by molar-refractivity contribution is 0.0912. The second-order valence-electron chi connectivity index (χ2n) is 6.87. The molecule has 1 aliphatic carbocycles. The molecule has 8 nitrogen and oxygen atoms in total. The van der Waals surface area contributed by atoms with Crippen LogP contribution in [0.25, 0.3) is 11.2 Å². The molecular formula is C19H20FN7O. The summed E-state index contributed by atoms with van der Waals surface area (Å²) in [6.45, 7) is 0. The molecular weight excluding hydrogens is 361 g/mol. The number of fused-ring (bicyclic) bond motifs is 1. The fourth-order valence-corrected chi connectivity index (χ4v) is 3.31. The van der Waals surface area contributed by atoms with Crippen molar-refractivity contribution in [1.82, 2.24) is 20.3 Å². The summed E-state index contributed by atoms with van der Waals surface area (Å²) >= 11 is 0. The van der Waals surface area contributed by atoms with E-state index >= 15 is 0 Å². The van der Waals surface area contributed by atoms with Crippen LogP contribution in [0, 0.1) is 11.2 Å². The van der Waals surface area contributed by atoms with E-state index in [1.54, 1.807) is 13.2 Å². The van der Waals surface area contributed by atoms with Gasteiger partial charge < -0.3 is 21.4 Å². The number of halogens is 1. The fraction of sp³-hybridized carbons (Fsp3) is 0.263. The SMILES string of the molecule is CNc1cc(F)ccc1C(=N)c1cnc2[nH]cc(C(=O)NC3CC(N)C3)c2n1. The molecule has 6 N–H and O–H groups in total. The Hall–Kier alpha value is -3.33. The van der Waals surface area contributed by atoms with Crippen LogP contribution in [0.5, 0.6) is 0 Å². The highest BCUT2D eigenvalue weighted by molar-refractivity contribution is 6.14. The molecule has 2 heterocycles. The number of H-pyrrole nitrogens is 1. The van der Waals surface area contributed by atoms with Gasteiger partial charge in [0, 0.05) is 36.6 Å². The van der Waals surface area contributed by atoms with Crippen LogP contribution in [-0.4, -0.2) is 45.7 Å². The monoisotopic (exact) mass is 381 g/mol. The van der Waals surface area contributed by atoms with E-state index in [-0.39, 0.29) is 29.4 Å². The second-order valence-corrected chi connectivity index (χ2v) is 6.87. The van der Waals surface area contributed by atoms with Gasteiger partial charge in [0.05, 0.1) is 17.5 Å². The van der Waals surface area contributed by atoms with E-state index in [0.29, 0.717) is 28.0 Å². The van der Waals surface area contributed by atoms with Crippen LogP contribution < -0.4 is 16.4 Å². The number of hydrogen-bond donors (Lipinski definition) is 5. The van der Waals surface area contributed by atoms with Gasteiger partial charge in [0.1, 0.15) is 17.0 Å². The molecule has 28 heavy (non-hydrogen) atoms. The number of amides is 1. The fourth-order valence-electron chi connectivity index (χ4n) is 3.31. The highest BCUT2D eigenvalue weighted by Gasteiger charge is 2.28. The Morgan fingerprint density at radius 2 is 2.14 bits per heavy atom. The summed E-state index contributed by atoms with van der Waals surface area (Å²) in [5.74, 6) is -0.651. The standard InChI is InChI=1S/C19H20FN7O/c1-23-14-4-9(20)2-3-12(14)16(22)15-8-25-18-17(27-15)13(7-24-18)19(28)26-11-5-10(21)6-11/h2-4,7-8,10-11,22-23H,5-6,21H2,1H3,(H,24,25)(H,26,28). The van der Waals surface area contributed by atoms with Crippen LogP contribution in [0.1, 0.15) is 34.5 Å². The first kappa shape index (κ1) is 18.1. The van der Waals surface area contributed by atoms with Gasteiger partial charge in [-0.25, -0.2) is 14.4 Å². The zero-order valence-corrected chi connectivity index (χ0v) is 15.2. The summed E-state index contributed by atoms with van der Waals surface area (Å²) in [5, 5.41) is 14.3. The third-order valence-electron chi connectivity index (χ3n) is 4.91. The lowest BCUT2D eigenvalue weighted by Gasteiger charge is -2.32. The van der Waals surface area contributed by atoms with Crippen LogP contribution in [0.4, 0.5) is 10.1 Å². The molecule has 144 valence electrons. The maximum absolute atomic E-state index is 13.5. The summed E-state index contributed by atoms with van der Waals surface area (Å²) in [6, 6.07) is 4.32. The average Bonchev–Trinajstić information content (AvgIpc) is 3.09. The van der Waals surface area contributed by atoms with Crippen molar-refractivity contribution in [2.45, 2.75) is 24.9 Å². The predicted octanol–water partition coefficient (Wildman–Crippen LogP) is 1.77. The topological polar surface area (TPSA) is 133 Å². The van der Waals surface area contributed by atoms with Gasteiger partial charge in [0.25, 0.3) is 5.91 Å². The van der Waals surface area contributed by atoms with E-state index in [0.717, 1.165) is 12.8 Å². The third-order valence-corrected chi connectivity index (χ3v) is 4.91. The quantitative estimate of drug-likeness (QED) is 0.430. The Kier molecular flexibility index (Phi) is 4.52. The van der Waals surface area contributed by atoms with Crippen molar-refractivity contribution in [3.63, 3.8) is 0 Å². The molecule has 1 aromatic carbocycles. The second kappa shape index (κ2) is 7.01. The molecule has 4 rings (SSSR count). The van der Waals surface area contributed by atoms with Gasteiger partial charge in [-0.1, -0.05) is 0 Å². The molecule has 9 heteroatoms. The minimum absolute atomic E-state index is 0.0688. The zero-order valence-electron chi connectivity index (χ0n) is 15.2. The molecule has 0 radical (unpaired) electrons. The van der Waals surface area contributed by atoms with Crippen LogP contribution in [-0.2, 0) is 0 Å². The third kappa shape index (κ3) is 3.20. The van der Waals surface area contributed by atoms with Crippen molar-refractivity contribution in [3.05, 3.63) is 53.2 Å². The number of rotatable bonds is 5. The Balaban J connectivity index is 1.66. The van der Waals surface area contributed by atoms with Crippen LogP contribution >= 0.6 is 0 Å². The summed E-state index contributed by atoms with van der Waals surface area (Å²) in [5.41, 5.74) is 8.30. The minimum Gasteiger partial charge on any atom is -0.387 e. The predicted molar refractivity (Wildman–Crippen MR) is 104 cm³/mol. The van der Waals surface area contributed by atoms with E-state index < -0.39 is 5.82 Å². The van der Waals surface area contributed by atoms with Crippen LogP contribution in [0.2, 0.25) is 0 Å². The summed E-state index contributed by atoms with van der Waals surface area (Å²) in [6.07, 6.45) is 4.53. The summed E-state index contributed by atoms with van der Waals surface area (Å²) in [4.78, 5) is 24.3. The first-order chi connectivity index (χ1) is 13.5. The van der Waals surface area contributed by atoms with Crippen molar-refractivity contribution >= 4 is 28.5 Å². The first-order valence-corrected chi connectivity index (χ1v) is 8.93. The molecule has 0 spiro atoms. The van der Waals surface area contributed by atoms with Crippen LogP contribution in [0.3, 0.4) is 0 Å². The number of carbonyl (C=O) groups excluding carboxylic acids is 1. The molecule has 1 aliphatic rings. The lowest BCUT2D eigenvalue weighted by Crippen LogP contribution is -2.50. The highest BCUT2D eigenvalue weighted by atomic mass is 19.1. The Morgan fingerprint density at radius 3 is 2.86 bits per heavy atom. The van der Waals surface area contributed by atoms with E-state index in [1.807, 2.05) is 0 Å². The van der Waals surface area contributed by atoms with Crippen molar-refractivity contribution in [1.29, 1.82) is 5.41 Å². The van der Waals surface area contributed by atoms with Gasteiger partial charge in [-0.15, -0.1) is 0 Å². The minimum atomic E-state index is -0.400. The van der Waals surface area contributed by atoms with Gasteiger partial charge in [0.15, 0.2) is 5.65 Å². The number of aromatic nitrogens is 3. The Morgan fingerprint density at radius 1 is 1.36 bits per heavy atom. The molecule has 0 atom stereocenters. The number of hydrogen-bond acceptors (Lipinski definition) is 6. The van der Waals surface area contributed by atoms with Crippen LogP contribution in [0.15, 0.2) is 30.6 Å². The molecule has 3 aromatic rings. The molecule has 0 bridgehead atoms. The number of nitrogens with one attached hydrogen (secondary N) is 4. The largest absolute Gasteiger partial charge is 0.387 e. The van der Waals surface area contributed by atoms with E-state index in [1.165, 1.54) is 24.4 Å². The number of nitrogens with zero attached hydrogens (tertiary/aromatic N) is 2. The molecule has 0 aliphatic heterocycles. The molecule has 2 aromatic heterocycles. The van der Waals surface area contributed by atoms with Crippen molar-refractivity contribution in [3.8, 4) is 0 Å². The number of aromatic amines is 1. The van der Waals surface area contributed by atoms with E-state index in [9.17, 15) is 9.18 Å². The van der Waals surface area contributed by atoms with Gasteiger partial charge >= 0.3 is 0 Å². The maximum atomic E-state index is 13.5. The number of nitrogens with two attached hydrogens (primary N) is 1. The van der Waals surface area contributed by atoms with Crippen molar-refractivity contribution in [2.75, 3.05) is 12.4 Å². The Bertz CT molecular complexity index is 1070. The normalized spacial score (nSPS) is 18.5. The average molecular weight is 381 g/mol.